The molecule has 5 rings (SSSR count). The molecule has 1 unspecified atom stereocenters. The van der Waals surface area contributed by atoms with Gasteiger partial charge < -0.3 is 14.8 Å². The Morgan fingerprint density at radius 2 is 1.85 bits per heavy atom. The zero-order valence-electron chi connectivity index (χ0n) is 18.5. The molecule has 1 aromatic heterocycles. The van der Waals surface area contributed by atoms with Crippen molar-refractivity contribution in [2.45, 2.75) is 31.0 Å². The van der Waals surface area contributed by atoms with Gasteiger partial charge in [0, 0.05) is 22.6 Å². The number of hydrogen-bond donors (Lipinski definition) is 1. The maximum absolute atomic E-state index is 6.37. The van der Waals surface area contributed by atoms with Gasteiger partial charge in [-0.25, -0.2) is 0 Å². The molecule has 6 nitrogen and oxygen atoms in total. The van der Waals surface area contributed by atoms with Crippen LogP contribution < -0.4 is 14.8 Å². The average molecular weight is 457 g/mol. The van der Waals surface area contributed by atoms with Gasteiger partial charge in [0.15, 0.2) is 11.9 Å². The Morgan fingerprint density at radius 1 is 1.00 bits per heavy atom. The van der Waals surface area contributed by atoms with Crippen LogP contribution in [0.2, 0.25) is 0 Å². The summed E-state index contributed by atoms with van der Waals surface area (Å²) in [5.41, 5.74) is 5.84. The quantitative estimate of drug-likeness (QED) is 0.355. The minimum Gasteiger partial charge on any atom is -0.494 e. The number of ether oxygens (including phenoxy) is 2. The number of rotatable bonds is 6. The van der Waals surface area contributed by atoms with E-state index in [2.05, 4.69) is 46.7 Å². The number of benzene rings is 3. The summed E-state index contributed by atoms with van der Waals surface area (Å²) in [6.07, 6.45) is -0.445. The second kappa shape index (κ2) is 9.50. The van der Waals surface area contributed by atoms with Crippen LogP contribution in [0, 0.1) is 6.92 Å². The van der Waals surface area contributed by atoms with E-state index in [0.717, 1.165) is 28.3 Å². The standard InChI is InChI=1S/C26H24N4O2S/c1-3-31-20-8-6-7-19(15-20)24-27-22-10-5-4-9-21(22)23-25(32-24)28-26(30-29-23)33-16-18-13-11-17(2)12-14-18/h4-15,24,27H,3,16H2,1-2H3. The SMILES string of the molecule is CCOc1cccc(C2Nc3ccccc3-c3nnc(SCc4ccc(C)cc4)nc3O2)c1. The smallest absolute Gasteiger partial charge is 0.247 e. The van der Waals surface area contributed by atoms with E-state index >= 15 is 0 Å². The molecule has 3 aromatic carbocycles. The van der Waals surface area contributed by atoms with E-state index in [4.69, 9.17) is 14.5 Å². The maximum Gasteiger partial charge on any atom is 0.247 e. The summed E-state index contributed by atoms with van der Waals surface area (Å²) in [5, 5.41) is 12.9. The highest BCUT2D eigenvalue weighted by Crippen LogP contribution is 2.40. The Kier molecular flexibility index (Phi) is 6.13. The van der Waals surface area contributed by atoms with Crippen LogP contribution in [-0.2, 0) is 5.75 Å². The first-order valence-electron chi connectivity index (χ1n) is 10.9. The van der Waals surface area contributed by atoms with Crippen LogP contribution in [0.25, 0.3) is 11.3 Å². The van der Waals surface area contributed by atoms with E-state index in [1.807, 2.05) is 55.5 Å². The third kappa shape index (κ3) is 4.78. The number of nitrogens with one attached hydrogen (secondary N) is 1. The van der Waals surface area contributed by atoms with Crippen molar-refractivity contribution in [2.75, 3.05) is 11.9 Å². The number of fused-ring (bicyclic) bond motifs is 3. The summed E-state index contributed by atoms with van der Waals surface area (Å²) in [6.45, 7) is 4.66. The molecule has 166 valence electrons. The largest absolute Gasteiger partial charge is 0.494 e. The lowest BCUT2D eigenvalue weighted by Gasteiger charge is -2.20. The first-order chi connectivity index (χ1) is 16.2. The highest BCUT2D eigenvalue weighted by Gasteiger charge is 2.26. The number of anilines is 1. The van der Waals surface area contributed by atoms with E-state index in [1.54, 1.807) is 11.8 Å². The van der Waals surface area contributed by atoms with Gasteiger partial charge in [-0.2, -0.15) is 4.98 Å². The summed E-state index contributed by atoms with van der Waals surface area (Å²) in [6, 6.07) is 24.3. The molecule has 0 amide bonds. The lowest BCUT2D eigenvalue weighted by molar-refractivity contribution is 0.224. The molecule has 2 heterocycles. The van der Waals surface area contributed by atoms with Gasteiger partial charge in [0.1, 0.15) is 5.75 Å². The van der Waals surface area contributed by atoms with Crippen LogP contribution in [0.1, 0.15) is 29.8 Å². The number of hydrogen-bond acceptors (Lipinski definition) is 7. The third-order valence-corrected chi connectivity index (χ3v) is 6.20. The molecule has 0 spiro atoms. The molecule has 1 atom stereocenters. The van der Waals surface area contributed by atoms with Gasteiger partial charge in [-0.1, -0.05) is 71.9 Å². The Bertz CT molecular complexity index is 1260. The first-order valence-corrected chi connectivity index (χ1v) is 11.9. The molecule has 0 bridgehead atoms. The van der Waals surface area contributed by atoms with Gasteiger partial charge in [0.2, 0.25) is 11.0 Å². The molecule has 0 aliphatic carbocycles. The van der Waals surface area contributed by atoms with Crippen LogP contribution in [0.3, 0.4) is 0 Å². The summed E-state index contributed by atoms with van der Waals surface area (Å²) >= 11 is 1.54. The molecule has 0 radical (unpaired) electrons. The summed E-state index contributed by atoms with van der Waals surface area (Å²) < 4.78 is 12.1. The van der Waals surface area contributed by atoms with Crippen molar-refractivity contribution in [3.8, 4) is 22.9 Å². The number of thioether (sulfide) groups is 1. The zero-order chi connectivity index (χ0) is 22.6. The molecule has 7 heteroatoms. The predicted octanol–water partition coefficient (Wildman–Crippen LogP) is 6.04. The topological polar surface area (TPSA) is 69.2 Å². The van der Waals surface area contributed by atoms with Crippen LogP contribution in [0.15, 0.2) is 78.0 Å². The molecular formula is C26H24N4O2S. The minimum atomic E-state index is -0.445. The van der Waals surface area contributed by atoms with Crippen molar-refractivity contribution in [1.82, 2.24) is 15.2 Å². The van der Waals surface area contributed by atoms with E-state index < -0.39 is 6.23 Å². The molecule has 1 aliphatic heterocycles. The third-order valence-electron chi connectivity index (χ3n) is 5.29. The normalized spacial score (nSPS) is 14.3. The monoisotopic (exact) mass is 456 g/mol. The second-order valence-electron chi connectivity index (χ2n) is 7.72. The molecular weight excluding hydrogens is 432 g/mol. The molecule has 0 fully saturated rings. The number of nitrogens with zero attached hydrogens (tertiary/aromatic N) is 3. The molecule has 1 aliphatic rings. The first kappa shape index (κ1) is 21.3. The van der Waals surface area contributed by atoms with Crippen LogP contribution >= 0.6 is 11.8 Å². The molecule has 33 heavy (non-hydrogen) atoms. The van der Waals surface area contributed by atoms with E-state index in [1.165, 1.54) is 11.1 Å². The van der Waals surface area contributed by atoms with E-state index in [-0.39, 0.29) is 0 Å². The van der Waals surface area contributed by atoms with Crippen LogP contribution in [0.5, 0.6) is 11.6 Å². The van der Waals surface area contributed by atoms with Crippen LogP contribution in [0.4, 0.5) is 5.69 Å². The minimum absolute atomic E-state index is 0.445. The summed E-state index contributed by atoms with van der Waals surface area (Å²) in [5.74, 6) is 2.02. The molecule has 1 N–H and O–H groups in total. The van der Waals surface area contributed by atoms with Crippen molar-refractivity contribution < 1.29 is 9.47 Å². The second-order valence-corrected chi connectivity index (χ2v) is 8.66. The van der Waals surface area contributed by atoms with E-state index in [0.29, 0.717) is 23.3 Å². The highest BCUT2D eigenvalue weighted by atomic mass is 32.2. The fourth-order valence-corrected chi connectivity index (χ4v) is 4.36. The fourth-order valence-electron chi connectivity index (χ4n) is 3.63. The Morgan fingerprint density at radius 3 is 2.70 bits per heavy atom. The van der Waals surface area contributed by atoms with Crippen molar-refractivity contribution in [2.24, 2.45) is 0 Å². The zero-order valence-corrected chi connectivity index (χ0v) is 19.3. The van der Waals surface area contributed by atoms with Gasteiger partial charge in [0.25, 0.3) is 0 Å². The van der Waals surface area contributed by atoms with E-state index in [9.17, 15) is 0 Å². The Balaban J connectivity index is 1.47. The molecule has 4 aromatic rings. The molecule has 0 saturated heterocycles. The predicted molar refractivity (Wildman–Crippen MR) is 131 cm³/mol. The van der Waals surface area contributed by atoms with Crippen LogP contribution in [-0.4, -0.2) is 21.8 Å². The lowest BCUT2D eigenvalue weighted by Crippen LogP contribution is -2.17. The average Bonchev–Trinajstić information content (AvgIpc) is 3.01. The summed E-state index contributed by atoms with van der Waals surface area (Å²) in [4.78, 5) is 4.74. The fraction of sp³-hybridized carbons (Fsp3) is 0.192. The number of aromatic nitrogens is 3. The van der Waals surface area contributed by atoms with Crippen molar-refractivity contribution in [3.05, 3.63) is 89.5 Å². The maximum atomic E-state index is 6.37. The molecule has 0 saturated carbocycles. The van der Waals surface area contributed by atoms with Gasteiger partial charge in [0.05, 0.1) is 6.61 Å². The van der Waals surface area contributed by atoms with Gasteiger partial charge in [-0.15, -0.1) is 10.2 Å². The van der Waals surface area contributed by atoms with Gasteiger partial charge in [-0.05, 0) is 37.6 Å². The Labute approximate surface area is 197 Å². The van der Waals surface area contributed by atoms with Crippen molar-refractivity contribution in [3.63, 3.8) is 0 Å². The lowest BCUT2D eigenvalue weighted by atomic mass is 10.1. The number of aryl methyl sites for hydroxylation is 1. The van der Waals surface area contributed by atoms with Gasteiger partial charge >= 0.3 is 0 Å². The van der Waals surface area contributed by atoms with Crippen molar-refractivity contribution >= 4 is 17.4 Å². The van der Waals surface area contributed by atoms with Crippen molar-refractivity contribution in [1.29, 1.82) is 0 Å². The number of para-hydroxylation sites is 1. The van der Waals surface area contributed by atoms with Gasteiger partial charge in [-0.3, -0.25) is 0 Å². The Hall–Kier alpha value is -3.58. The highest BCUT2D eigenvalue weighted by molar-refractivity contribution is 7.98. The summed E-state index contributed by atoms with van der Waals surface area (Å²) in [7, 11) is 0.